The van der Waals surface area contributed by atoms with Crippen molar-refractivity contribution in [3.63, 3.8) is 0 Å². The Kier molecular flexibility index (Phi) is 7.87. The molecule has 104 valence electrons. The third-order valence-electron chi connectivity index (χ3n) is 3.32. The maximum absolute atomic E-state index is 5.76. The van der Waals surface area contributed by atoms with Gasteiger partial charge in [0.2, 0.25) is 0 Å². The zero-order valence-electron chi connectivity index (χ0n) is 11.8. The van der Waals surface area contributed by atoms with Crippen LogP contribution < -0.4 is 0 Å². The standard InChI is InChI=1S/C14H25ClN2S/c1-4-12(3)10-17(5-2)8-6-7-14-16-13(9-15)11-18-14/h11-12H,4-10H2,1-3H3. The van der Waals surface area contributed by atoms with E-state index in [4.69, 9.17) is 11.6 Å². The molecule has 0 aromatic carbocycles. The van der Waals surface area contributed by atoms with Crippen molar-refractivity contribution in [3.8, 4) is 0 Å². The molecule has 1 aromatic rings. The predicted octanol–water partition coefficient (Wildman–Crippen LogP) is 4.18. The average molecular weight is 289 g/mol. The van der Waals surface area contributed by atoms with Crippen LogP contribution in [0.1, 0.15) is 44.3 Å². The van der Waals surface area contributed by atoms with E-state index in [0.29, 0.717) is 5.88 Å². The van der Waals surface area contributed by atoms with Crippen molar-refractivity contribution in [1.29, 1.82) is 0 Å². The summed E-state index contributed by atoms with van der Waals surface area (Å²) in [6, 6.07) is 0. The van der Waals surface area contributed by atoms with Crippen molar-refractivity contribution in [2.45, 2.75) is 45.9 Å². The van der Waals surface area contributed by atoms with Gasteiger partial charge in [0, 0.05) is 18.3 Å². The van der Waals surface area contributed by atoms with Crippen LogP contribution in [0.15, 0.2) is 5.38 Å². The lowest BCUT2D eigenvalue weighted by Crippen LogP contribution is -2.29. The number of rotatable bonds is 9. The van der Waals surface area contributed by atoms with Crippen LogP contribution in [0.4, 0.5) is 0 Å². The zero-order valence-corrected chi connectivity index (χ0v) is 13.4. The van der Waals surface area contributed by atoms with Crippen molar-refractivity contribution in [3.05, 3.63) is 16.1 Å². The monoisotopic (exact) mass is 288 g/mol. The maximum Gasteiger partial charge on any atom is 0.0929 e. The van der Waals surface area contributed by atoms with Gasteiger partial charge in [-0.05, 0) is 25.4 Å². The molecular weight excluding hydrogens is 264 g/mol. The van der Waals surface area contributed by atoms with Crippen molar-refractivity contribution >= 4 is 22.9 Å². The lowest BCUT2D eigenvalue weighted by molar-refractivity contribution is 0.243. The molecule has 0 bridgehead atoms. The van der Waals surface area contributed by atoms with E-state index in [2.05, 4.69) is 36.0 Å². The van der Waals surface area contributed by atoms with Gasteiger partial charge in [-0.25, -0.2) is 4.98 Å². The van der Waals surface area contributed by atoms with Crippen molar-refractivity contribution < 1.29 is 0 Å². The molecule has 0 aliphatic heterocycles. The molecule has 18 heavy (non-hydrogen) atoms. The van der Waals surface area contributed by atoms with E-state index in [1.165, 1.54) is 30.9 Å². The molecule has 0 saturated carbocycles. The van der Waals surface area contributed by atoms with Gasteiger partial charge in [0.15, 0.2) is 0 Å². The molecule has 1 atom stereocenters. The Morgan fingerprint density at radius 3 is 2.78 bits per heavy atom. The van der Waals surface area contributed by atoms with Gasteiger partial charge < -0.3 is 4.90 Å². The number of halogens is 1. The quantitative estimate of drug-likeness (QED) is 0.634. The van der Waals surface area contributed by atoms with E-state index in [-0.39, 0.29) is 0 Å². The molecule has 1 unspecified atom stereocenters. The summed E-state index contributed by atoms with van der Waals surface area (Å²) < 4.78 is 0. The van der Waals surface area contributed by atoms with Crippen LogP contribution in [0, 0.1) is 5.92 Å². The molecule has 0 aliphatic carbocycles. The third kappa shape index (κ3) is 5.68. The summed E-state index contributed by atoms with van der Waals surface area (Å²) in [5.41, 5.74) is 1.02. The summed E-state index contributed by atoms with van der Waals surface area (Å²) in [4.78, 5) is 7.04. The Morgan fingerprint density at radius 1 is 1.44 bits per heavy atom. The van der Waals surface area contributed by atoms with Gasteiger partial charge in [0.25, 0.3) is 0 Å². The molecule has 2 nitrogen and oxygen atoms in total. The normalized spacial score (nSPS) is 13.2. The molecule has 0 radical (unpaired) electrons. The van der Waals surface area contributed by atoms with Crippen molar-refractivity contribution in [2.75, 3.05) is 19.6 Å². The summed E-state index contributed by atoms with van der Waals surface area (Å²) >= 11 is 7.49. The van der Waals surface area contributed by atoms with E-state index in [0.717, 1.165) is 24.6 Å². The number of aryl methyl sites for hydroxylation is 1. The topological polar surface area (TPSA) is 16.1 Å². The van der Waals surface area contributed by atoms with Crippen LogP contribution in [-0.4, -0.2) is 29.5 Å². The highest BCUT2D eigenvalue weighted by Gasteiger charge is 2.07. The molecule has 1 heterocycles. The lowest BCUT2D eigenvalue weighted by Gasteiger charge is -2.23. The van der Waals surface area contributed by atoms with E-state index < -0.39 is 0 Å². The van der Waals surface area contributed by atoms with Crippen LogP contribution in [-0.2, 0) is 12.3 Å². The van der Waals surface area contributed by atoms with Crippen LogP contribution >= 0.6 is 22.9 Å². The van der Waals surface area contributed by atoms with E-state index in [1.807, 2.05) is 0 Å². The third-order valence-corrected chi connectivity index (χ3v) is 4.55. The zero-order chi connectivity index (χ0) is 13.4. The Labute approximate surface area is 120 Å². The first-order valence-corrected chi connectivity index (χ1v) is 8.32. The predicted molar refractivity (Wildman–Crippen MR) is 81.6 cm³/mol. The van der Waals surface area contributed by atoms with Gasteiger partial charge in [0.05, 0.1) is 16.6 Å². The fourth-order valence-corrected chi connectivity index (χ4v) is 3.00. The van der Waals surface area contributed by atoms with Crippen LogP contribution in [0.2, 0.25) is 0 Å². The Hall–Kier alpha value is -0.120. The van der Waals surface area contributed by atoms with Crippen LogP contribution in [0.25, 0.3) is 0 Å². The van der Waals surface area contributed by atoms with Crippen molar-refractivity contribution in [1.82, 2.24) is 9.88 Å². The highest BCUT2D eigenvalue weighted by molar-refractivity contribution is 7.09. The molecule has 1 rings (SSSR count). The second kappa shape index (κ2) is 8.89. The van der Waals surface area contributed by atoms with Gasteiger partial charge in [-0.1, -0.05) is 27.2 Å². The SMILES string of the molecule is CCC(C)CN(CC)CCCc1nc(CCl)cs1. The number of alkyl halides is 1. The van der Waals surface area contributed by atoms with Crippen LogP contribution in [0.3, 0.4) is 0 Å². The van der Waals surface area contributed by atoms with Gasteiger partial charge >= 0.3 is 0 Å². The van der Waals surface area contributed by atoms with E-state index >= 15 is 0 Å². The fraction of sp³-hybridized carbons (Fsp3) is 0.786. The van der Waals surface area contributed by atoms with E-state index in [9.17, 15) is 0 Å². The largest absolute Gasteiger partial charge is 0.303 e. The second-order valence-electron chi connectivity index (χ2n) is 4.88. The second-order valence-corrected chi connectivity index (χ2v) is 6.09. The summed E-state index contributed by atoms with van der Waals surface area (Å²) in [6.45, 7) is 10.4. The van der Waals surface area contributed by atoms with E-state index in [1.54, 1.807) is 11.3 Å². The maximum atomic E-state index is 5.76. The minimum absolute atomic E-state index is 0.533. The number of hydrogen-bond acceptors (Lipinski definition) is 3. The fourth-order valence-electron chi connectivity index (χ4n) is 1.93. The van der Waals surface area contributed by atoms with Gasteiger partial charge in [-0.3, -0.25) is 0 Å². The number of hydrogen-bond donors (Lipinski definition) is 0. The molecule has 1 aromatic heterocycles. The molecule has 0 saturated heterocycles. The first kappa shape index (κ1) is 15.9. The molecule has 0 amide bonds. The number of nitrogens with zero attached hydrogens (tertiary/aromatic N) is 2. The lowest BCUT2D eigenvalue weighted by atomic mass is 10.1. The molecule has 0 aliphatic rings. The summed E-state index contributed by atoms with van der Waals surface area (Å²) in [5.74, 6) is 1.33. The Bertz CT molecular complexity index is 327. The summed E-state index contributed by atoms with van der Waals surface area (Å²) in [6.07, 6.45) is 3.54. The first-order valence-electron chi connectivity index (χ1n) is 6.91. The number of thiazole rings is 1. The molecule has 0 fully saturated rings. The molecule has 0 N–H and O–H groups in total. The van der Waals surface area contributed by atoms with Gasteiger partial charge in [-0.15, -0.1) is 22.9 Å². The molecular formula is C14H25ClN2S. The molecule has 0 spiro atoms. The Balaban J connectivity index is 2.26. The minimum atomic E-state index is 0.533. The highest BCUT2D eigenvalue weighted by atomic mass is 35.5. The minimum Gasteiger partial charge on any atom is -0.303 e. The van der Waals surface area contributed by atoms with Gasteiger partial charge in [0.1, 0.15) is 0 Å². The first-order chi connectivity index (χ1) is 8.69. The smallest absolute Gasteiger partial charge is 0.0929 e. The average Bonchev–Trinajstić information content (AvgIpc) is 2.85. The highest BCUT2D eigenvalue weighted by Crippen LogP contribution is 2.14. The summed E-state index contributed by atoms with van der Waals surface area (Å²) in [5, 5.41) is 3.30. The van der Waals surface area contributed by atoms with Crippen molar-refractivity contribution in [2.24, 2.45) is 5.92 Å². The summed E-state index contributed by atoms with van der Waals surface area (Å²) in [7, 11) is 0. The Morgan fingerprint density at radius 2 is 2.22 bits per heavy atom. The van der Waals surface area contributed by atoms with Gasteiger partial charge in [-0.2, -0.15) is 0 Å². The molecule has 4 heteroatoms. The number of aromatic nitrogens is 1. The van der Waals surface area contributed by atoms with Crippen LogP contribution in [0.5, 0.6) is 0 Å².